The summed E-state index contributed by atoms with van der Waals surface area (Å²) in [5, 5.41) is 5.79. The molecule has 1 atom stereocenters. The van der Waals surface area contributed by atoms with E-state index in [9.17, 15) is 4.39 Å². The summed E-state index contributed by atoms with van der Waals surface area (Å²) in [5.74, 6) is 0.401. The van der Waals surface area contributed by atoms with E-state index < -0.39 is 5.67 Å². The molecule has 2 aromatic heterocycles. The molecule has 126 valence electrons. The third-order valence-corrected chi connectivity index (χ3v) is 4.06. The van der Waals surface area contributed by atoms with Crippen LogP contribution in [-0.4, -0.2) is 40.0 Å². The van der Waals surface area contributed by atoms with Gasteiger partial charge in [-0.3, -0.25) is 0 Å². The normalized spacial score (nSPS) is 13.6. The van der Waals surface area contributed by atoms with Gasteiger partial charge in [-0.15, -0.1) is 11.8 Å². The van der Waals surface area contributed by atoms with Crippen LogP contribution in [0.5, 0.6) is 0 Å². The molecule has 1 unspecified atom stereocenters. The average Bonchev–Trinajstić information content (AvgIpc) is 3.02. The number of hydrogen-bond acceptors (Lipinski definition) is 7. The Kier molecular flexibility index (Phi) is 4.84. The Morgan fingerprint density at radius 2 is 1.88 bits per heavy atom. The summed E-state index contributed by atoms with van der Waals surface area (Å²) in [6.45, 7) is 1.61. The molecule has 2 N–H and O–H groups in total. The predicted octanol–water partition coefficient (Wildman–Crippen LogP) is 3.59. The minimum atomic E-state index is -1.53. The van der Waals surface area contributed by atoms with Crippen molar-refractivity contribution < 1.29 is 8.81 Å². The molecule has 0 radical (unpaired) electrons. The number of nitrogens with zero attached hydrogens (tertiary/aromatic N) is 3. The number of benzene rings is 1. The molecule has 1 aromatic carbocycles. The van der Waals surface area contributed by atoms with Gasteiger partial charge < -0.3 is 15.1 Å². The Hall–Kier alpha value is -2.35. The highest BCUT2D eigenvalue weighted by Gasteiger charge is 2.24. The molecule has 0 aliphatic rings. The first-order valence-electron chi connectivity index (χ1n) is 7.44. The molecular formula is C16H18FN5OS. The van der Waals surface area contributed by atoms with Gasteiger partial charge in [-0.1, -0.05) is 12.1 Å². The standard InChI is InChI=1S/C16H18FN5OS/c1-16(17,9-20-14-18-7-11(24-2)8-19-14)10-21-15-22-12-5-3-4-6-13(12)23-15/h3-8H,9-10H2,1-2H3,(H,21,22)(H,18,19,20). The van der Waals surface area contributed by atoms with Crippen LogP contribution in [0.15, 0.2) is 46.0 Å². The number of thioether (sulfide) groups is 1. The fourth-order valence-electron chi connectivity index (χ4n) is 2.05. The second kappa shape index (κ2) is 7.04. The van der Waals surface area contributed by atoms with E-state index in [-0.39, 0.29) is 13.1 Å². The van der Waals surface area contributed by atoms with E-state index in [1.807, 2.05) is 30.5 Å². The SMILES string of the molecule is CSc1cnc(NCC(C)(F)CNc2nc3ccccc3o2)nc1. The molecule has 0 fully saturated rings. The van der Waals surface area contributed by atoms with Crippen molar-refractivity contribution >= 4 is 34.8 Å². The Balaban J connectivity index is 1.54. The van der Waals surface area contributed by atoms with Gasteiger partial charge in [-0.25, -0.2) is 14.4 Å². The predicted molar refractivity (Wildman–Crippen MR) is 94.3 cm³/mol. The monoisotopic (exact) mass is 347 g/mol. The maximum atomic E-state index is 14.6. The van der Waals surface area contributed by atoms with Crippen molar-refractivity contribution in [3.63, 3.8) is 0 Å². The molecule has 0 aliphatic heterocycles. The summed E-state index contributed by atoms with van der Waals surface area (Å²) in [5.41, 5.74) is -0.121. The number of para-hydroxylation sites is 2. The van der Waals surface area contributed by atoms with E-state index in [0.717, 1.165) is 10.4 Å². The van der Waals surface area contributed by atoms with E-state index in [0.29, 0.717) is 17.5 Å². The second-order valence-corrected chi connectivity index (χ2v) is 6.43. The van der Waals surface area contributed by atoms with Gasteiger partial charge in [0.25, 0.3) is 6.01 Å². The van der Waals surface area contributed by atoms with Crippen molar-refractivity contribution in [2.75, 3.05) is 30.0 Å². The van der Waals surface area contributed by atoms with Gasteiger partial charge >= 0.3 is 0 Å². The number of rotatable bonds is 7. The van der Waals surface area contributed by atoms with Crippen LogP contribution < -0.4 is 10.6 Å². The van der Waals surface area contributed by atoms with Crippen LogP contribution in [0.1, 0.15) is 6.92 Å². The van der Waals surface area contributed by atoms with E-state index in [1.165, 1.54) is 6.92 Å². The minimum absolute atomic E-state index is 0.0513. The molecule has 3 rings (SSSR count). The van der Waals surface area contributed by atoms with Crippen LogP contribution in [0, 0.1) is 0 Å². The highest BCUT2D eigenvalue weighted by Crippen LogP contribution is 2.20. The molecule has 0 saturated heterocycles. The Morgan fingerprint density at radius 3 is 2.58 bits per heavy atom. The van der Waals surface area contributed by atoms with Gasteiger partial charge in [0.05, 0.1) is 13.1 Å². The number of oxazole rings is 1. The smallest absolute Gasteiger partial charge is 0.295 e. The fraction of sp³-hybridized carbons (Fsp3) is 0.312. The van der Waals surface area contributed by atoms with Crippen LogP contribution in [0.25, 0.3) is 11.1 Å². The summed E-state index contributed by atoms with van der Waals surface area (Å²) in [6.07, 6.45) is 5.35. The Bertz CT molecular complexity index is 773. The van der Waals surface area contributed by atoms with E-state index in [1.54, 1.807) is 24.2 Å². The molecule has 3 aromatic rings. The molecule has 0 aliphatic carbocycles. The van der Waals surface area contributed by atoms with Crippen molar-refractivity contribution in [3.8, 4) is 0 Å². The average molecular weight is 347 g/mol. The molecular weight excluding hydrogens is 329 g/mol. The first kappa shape index (κ1) is 16.5. The van der Waals surface area contributed by atoms with Crippen molar-refractivity contribution in [1.82, 2.24) is 15.0 Å². The Morgan fingerprint density at radius 1 is 1.17 bits per heavy atom. The van der Waals surface area contributed by atoms with Crippen molar-refractivity contribution in [2.45, 2.75) is 17.5 Å². The summed E-state index contributed by atoms with van der Waals surface area (Å²) >= 11 is 1.55. The summed E-state index contributed by atoms with van der Waals surface area (Å²) in [7, 11) is 0. The van der Waals surface area contributed by atoms with E-state index >= 15 is 0 Å². The second-order valence-electron chi connectivity index (χ2n) is 5.55. The lowest BCUT2D eigenvalue weighted by atomic mass is 10.1. The quantitative estimate of drug-likeness (QED) is 0.633. The van der Waals surface area contributed by atoms with Gasteiger partial charge in [0, 0.05) is 17.3 Å². The van der Waals surface area contributed by atoms with Crippen molar-refractivity contribution in [1.29, 1.82) is 0 Å². The summed E-state index contributed by atoms with van der Waals surface area (Å²) < 4.78 is 20.1. The van der Waals surface area contributed by atoms with Crippen molar-refractivity contribution in [2.24, 2.45) is 0 Å². The number of halogens is 1. The third-order valence-electron chi connectivity index (χ3n) is 3.38. The van der Waals surface area contributed by atoms with Crippen LogP contribution in [-0.2, 0) is 0 Å². The van der Waals surface area contributed by atoms with Crippen LogP contribution in [0.3, 0.4) is 0 Å². The zero-order valence-corrected chi connectivity index (χ0v) is 14.2. The van der Waals surface area contributed by atoms with Crippen molar-refractivity contribution in [3.05, 3.63) is 36.7 Å². The maximum absolute atomic E-state index is 14.6. The summed E-state index contributed by atoms with van der Waals surface area (Å²) in [6, 6.07) is 7.71. The number of alkyl halides is 1. The zero-order valence-electron chi connectivity index (χ0n) is 13.4. The van der Waals surface area contributed by atoms with Gasteiger partial charge in [0.2, 0.25) is 5.95 Å². The number of nitrogens with one attached hydrogen (secondary N) is 2. The fourth-order valence-corrected chi connectivity index (χ4v) is 2.36. The highest BCUT2D eigenvalue weighted by molar-refractivity contribution is 7.98. The number of aromatic nitrogens is 3. The first-order valence-corrected chi connectivity index (χ1v) is 8.66. The molecule has 0 saturated carbocycles. The third kappa shape index (κ3) is 4.14. The van der Waals surface area contributed by atoms with E-state index in [2.05, 4.69) is 25.6 Å². The number of anilines is 2. The van der Waals surface area contributed by atoms with Crippen LogP contribution >= 0.6 is 11.8 Å². The summed E-state index contributed by atoms with van der Waals surface area (Å²) in [4.78, 5) is 13.5. The molecule has 0 amide bonds. The maximum Gasteiger partial charge on any atom is 0.295 e. The Labute approximate surface area is 143 Å². The lowest BCUT2D eigenvalue weighted by molar-refractivity contribution is 0.222. The highest BCUT2D eigenvalue weighted by atomic mass is 32.2. The van der Waals surface area contributed by atoms with Gasteiger partial charge in [-0.2, -0.15) is 4.98 Å². The largest absolute Gasteiger partial charge is 0.424 e. The molecule has 2 heterocycles. The number of hydrogen-bond donors (Lipinski definition) is 2. The zero-order chi connectivity index (χ0) is 17.0. The molecule has 0 bridgehead atoms. The molecule has 24 heavy (non-hydrogen) atoms. The van der Waals surface area contributed by atoms with Gasteiger partial charge in [0.15, 0.2) is 5.58 Å². The molecule has 8 heteroatoms. The van der Waals surface area contributed by atoms with Gasteiger partial charge in [-0.05, 0) is 25.3 Å². The molecule has 0 spiro atoms. The minimum Gasteiger partial charge on any atom is -0.424 e. The van der Waals surface area contributed by atoms with E-state index in [4.69, 9.17) is 4.42 Å². The number of fused-ring (bicyclic) bond motifs is 1. The van der Waals surface area contributed by atoms with Crippen LogP contribution in [0.2, 0.25) is 0 Å². The molecule has 6 nitrogen and oxygen atoms in total. The lowest BCUT2D eigenvalue weighted by Gasteiger charge is -2.20. The van der Waals surface area contributed by atoms with Gasteiger partial charge in [0.1, 0.15) is 11.2 Å². The lowest BCUT2D eigenvalue weighted by Crippen LogP contribution is -2.36. The first-order chi connectivity index (χ1) is 11.6. The van der Waals surface area contributed by atoms with Crippen LogP contribution in [0.4, 0.5) is 16.4 Å². The topological polar surface area (TPSA) is 75.9 Å².